The standard InChI is InChI=1S/C15H25NOS/c1-11-6-4-5-7-15(11)17-10-13-8-14(9-16-3)18-12(13)2/h8,11,15-16H,4-7,9-10H2,1-3H3. The quantitative estimate of drug-likeness (QED) is 0.874. The fourth-order valence-corrected chi connectivity index (χ4v) is 3.78. The molecule has 102 valence electrons. The summed E-state index contributed by atoms with van der Waals surface area (Å²) in [6, 6.07) is 2.30. The van der Waals surface area contributed by atoms with E-state index in [2.05, 4.69) is 25.2 Å². The highest BCUT2D eigenvalue weighted by Crippen LogP contribution is 2.28. The molecule has 1 heterocycles. The van der Waals surface area contributed by atoms with Crippen molar-refractivity contribution in [2.75, 3.05) is 7.05 Å². The van der Waals surface area contributed by atoms with Gasteiger partial charge in [0.2, 0.25) is 0 Å². The van der Waals surface area contributed by atoms with E-state index in [-0.39, 0.29) is 0 Å². The molecule has 0 aromatic carbocycles. The molecule has 3 heteroatoms. The second kappa shape index (κ2) is 6.69. The monoisotopic (exact) mass is 267 g/mol. The van der Waals surface area contributed by atoms with Crippen molar-refractivity contribution in [1.29, 1.82) is 0 Å². The van der Waals surface area contributed by atoms with Gasteiger partial charge in [0.25, 0.3) is 0 Å². The first kappa shape index (κ1) is 14.0. The number of hydrogen-bond acceptors (Lipinski definition) is 3. The van der Waals surface area contributed by atoms with Crippen LogP contribution in [0.4, 0.5) is 0 Å². The first-order chi connectivity index (χ1) is 8.70. The SMILES string of the molecule is CNCc1cc(COC2CCCCC2C)c(C)s1. The smallest absolute Gasteiger partial charge is 0.0731 e. The first-order valence-electron chi connectivity index (χ1n) is 7.05. The van der Waals surface area contributed by atoms with Crippen molar-refractivity contribution in [3.63, 3.8) is 0 Å². The van der Waals surface area contributed by atoms with Crippen molar-refractivity contribution in [3.8, 4) is 0 Å². The molecule has 2 atom stereocenters. The van der Waals surface area contributed by atoms with Gasteiger partial charge in [-0.25, -0.2) is 0 Å². The maximum atomic E-state index is 6.14. The Morgan fingerprint density at radius 2 is 2.17 bits per heavy atom. The number of rotatable bonds is 5. The van der Waals surface area contributed by atoms with E-state index < -0.39 is 0 Å². The van der Waals surface area contributed by atoms with Crippen LogP contribution in [-0.4, -0.2) is 13.2 Å². The van der Waals surface area contributed by atoms with E-state index in [4.69, 9.17) is 4.74 Å². The topological polar surface area (TPSA) is 21.3 Å². The second-order valence-corrected chi connectivity index (χ2v) is 6.78. The minimum absolute atomic E-state index is 0.478. The van der Waals surface area contributed by atoms with Crippen LogP contribution in [0, 0.1) is 12.8 Å². The molecule has 2 rings (SSSR count). The lowest BCUT2D eigenvalue weighted by Crippen LogP contribution is -2.25. The normalized spacial score (nSPS) is 24.4. The Kier molecular flexibility index (Phi) is 5.22. The van der Waals surface area contributed by atoms with Crippen molar-refractivity contribution >= 4 is 11.3 Å². The second-order valence-electron chi connectivity index (χ2n) is 5.44. The van der Waals surface area contributed by atoms with Gasteiger partial charge in [-0.2, -0.15) is 0 Å². The van der Waals surface area contributed by atoms with Gasteiger partial charge >= 0.3 is 0 Å². The Labute approximate surface area is 115 Å². The molecule has 1 aromatic rings. The van der Waals surface area contributed by atoms with Crippen LogP contribution in [-0.2, 0) is 17.9 Å². The van der Waals surface area contributed by atoms with Gasteiger partial charge in [-0.1, -0.05) is 19.8 Å². The zero-order valence-corrected chi connectivity index (χ0v) is 12.6. The average molecular weight is 267 g/mol. The Hall–Kier alpha value is -0.380. The fourth-order valence-electron chi connectivity index (χ4n) is 2.72. The molecule has 1 aliphatic carbocycles. The maximum absolute atomic E-state index is 6.14. The van der Waals surface area contributed by atoms with Crippen molar-refractivity contribution in [2.24, 2.45) is 5.92 Å². The highest BCUT2D eigenvalue weighted by atomic mass is 32.1. The van der Waals surface area contributed by atoms with Crippen LogP contribution in [0.15, 0.2) is 6.07 Å². The van der Waals surface area contributed by atoms with E-state index in [1.807, 2.05) is 18.4 Å². The molecule has 1 saturated carbocycles. The zero-order chi connectivity index (χ0) is 13.0. The summed E-state index contributed by atoms with van der Waals surface area (Å²) >= 11 is 1.88. The molecule has 0 bridgehead atoms. The summed E-state index contributed by atoms with van der Waals surface area (Å²) in [6.45, 7) is 6.29. The minimum atomic E-state index is 0.478. The summed E-state index contributed by atoms with van der Waals surface area (Å²) in [5.41, 5.74) is 1.38. The van der Waals surface area contributed by atoms with Gasteiger partial charge < -0.3 is 10.1 Å². The Bertz CT molecular complexity index is 375. The van der Waals surface area contributed by atoms with Crippen LogP contribution in [0.5, 0.6) is 0 Å². The van der Waals surface area contributed by atoms with Crippen molar-refractivity contribution < 1.29 is 4.74 Å². The lowest BCUT2D eigenvalue weighted by Gasteiger charge is -2.28. The van der Waals surface area contributed by atoms with Gasteiger partial charge in [-0.05, 0) is 44.4 Å². The third-order valence-corrected chi connectivity index (χ3v) is 5.00. The molecule has 0 aliphatic heterocycles. The molecule has 2 nitrogen and oxygen atoms in total. The average Bonchev–Trinajstić information content (AvgIpc) is 2.69. The van der Waals surface area contributed by atoms with Gasteiger partial charge in [0.1, 0.15) is 0 Å². The van der Waals surface area contributed by atoms with E-state index in [1.54, 1.807) is 0 Å². The zero-order valence-electron chi connectivity index (χ0n) is 11.8. The van der Waals surface area contributed by atoms with Crippen LogP contribution < -0.4 is 5.32 Å². The van der Waals surface area contributed by atoms with E-state index in [0.717, 1.165) is 19.1 Å². The molecule has 18 heavy (non-hydrogen) atoms. The third kappa shape index (κ3) is 3.56. The van der Waals surface area contributed by atoms with E-state index in [0.29, 0.717) is 6.10 Å². The summed E-state index contributed by atoms with van der Waals surface area (Å²) in [5.74, 6) is 0.731. The van der Waals surface area contributed by atoms with Crippen LogP contribution in [0.25, 0.3) is 0 Å². The lowest BCUT2D eigenvalue weighted by molar-refractivity contribution is -0.0155. The summed E-state index contributed by atoms with van der Waals surface area (Å²) in [7, 11) is 1.99. The highest BCUT2D eigenvalue weighted by Gasteiger charge is 2.22. The summed E-state index contributed by atoms with van der Waals surface area (Å²) < 4.78 is 6.14. The maximum Gasteiger partial charge on any atom is 0.0731 e. The summed E-state index contributed by atoms with van der Waals surface area (Å²) in [6.07, 6.45) is 5.77. The molecule has 1 aromatic heterocycles. The fraction of sp³-hybridized carbons (Fsp3) is 0.733. The lowest BCUT2D eigenvalue weighted by atomic mass is 9.88. The number of aryl methyl sites for hydroxylation is 1. The van der Waals surface area contributed by atoms with Crippen LogP contribution >= 0.6 is 11.3 Å². The summed E-state index contributed by atoms with van der Waals surface area (Å²) in [5, 5.41) is 3.21. The molecule has 0 spiro atoms. The van der Waals surface area contributed by atoms with E-state index in [9.17, 15) is 0 Å². The molecule has 2 unspecified atom stereocenters. The van der Waals surface area contributed by atoms with E-state index in [1.165, 1.54) is 41.0 Å². The largest absolute Gasteiger partial charge is 0.373 e. The molecule has 1 N–H and O–H groups in total. The predicted molar refractivity (Wildman–Crippen MR) is 78.0 cm³/mol. The molecular formula is C15H25NOS. The van der Waals surface area contributed by atoms with Crippen molar-refractivity contribution in [1.82, 2.24) is 5.32 Å². The first-order valence-corrected chi connectivity index (χ1v) is 7.86. The highest BCUT2D eigenvalue weighted by molar-refractivity contribution is 7.12. The number of hydrogen-bond donors (Lipinski definition) is 1. The van der Waals surface area contributed by atoms with Crippen LogP contribution in [0.3, 0.4) is 0 Å². The Morgan fingerprint density at radius 3 is 2.89 bits per heavy atom. The van der Waals surface area contributed by atoms with Gasteiger partial charge in [-0.15, -0.1) is 11.3 Å². The molecule has 1 aliphatic rings. The van der Waals surface area contributed by atoms with Gasteiger partial charge in [0.05, 0.1) is 12.7 Å². The molecule has 0 saturated heterocycles. The number of nitrogens with one attached hydrogen (secondary N) is 1. The van der Waals surface area contributed by atoms with Crippen molar-refractivity contribution in [3.05, 3.63) is 21.4 Å². The summed E-state index contributed by atoms with van der Waals surface area (Å²) in [4.78, 5) is 2.81. The van der Waals surface area contributed by atoms with Gasteiger partial charge in [0, 0.05) is 16.3 Å². The predicted octanol–water partition coefficient (Wildman–Crippen LogP) is 3.87. The Balaban J connectivity index is 1.88. The van der Waals surface area contributed by atoms with E-state index >= 15 is 0 Å². The molecule has 1 fully saturated rings. The third-order valence-electron chi connectivity index (χ3n) is 3.91. The molecule has 0 radical (unpaired) electrons. The van der Waals surface area contributed by atoms with Crippen molar-refractivity contribution in [2.45, 2.75) is 58.8 Å². The van der Waals surface area contributed by atoms with Crippen LogP contribution in [0.2, 0.25) is 0 Å². The van der Waals surface area contributed by atoms with Crippen LogP contribution in [0.1, 0.15) is 47.9 Å². The van der Waals surface area contributed by atoms with Gasteiger partial charge in [-0.3, -0.25) is 0 Å². The molecule has 0 amide bonds. The Morgan fingerprint density at radius 1 is 1.39 bits per heavy atom. The number of thiophene rings is 1. The number of ether oxygens (including phenoxy) is 1. The molecular weight excluding hydrogens is 242 g/mol. The van der Waals surface area contributed by atoms with Gasteiger partial charge in [0.15, 0.2) is 0 Å². The minimum Gasteiger partial charge on any atom is -0.373 e.